The lowest BCUT2D eigenvalue weighted by Crippen LogP contribution is -2.05. The van der Waals surface area contributed by atoms with Crippen molar-refractivity contribution in [2.24, 2.45) is 0 Å². The third-order valence-electron chi connectivity index (χ3n) is 5.59. The van der Waals surface area contributed by atoms with E-state index in [0.29, 0.717) is 0 Å². The Morgan fingerprint density at radius 1 is 0.400 bits per heavy atom. The van der Waals surface area contributed by atoms with Crippen LogP contribution in [0.2, 0.25) is 0 Å². The molecule has 0 radical (unpaired) electrons. The van der Waals surface area contributed by atoms with Gasteiger partial charge < -0.3 is 0 Å². The SMILES string of the molecule is Cc1ccc(C(c2ccc(C)c(C)c2)c2ccc(C)c(C)c2)cc1C. The van der Waals surface area contributed by atoms with E-state index in [1.54, 1.807) is 0 Å². The van der Waals surface area contributed by atoms with Crippen molar-refractivity contribution in [1.82, 2.24) is 0 Å². The maximum Gasteiger partial charge on any atom is 0.0340 e. The molecule has 0 unspecified atom stereocenters. The molecule has 3 aromatic carbocycles. The number of hydrogen-bond acceptors (Lipinski definition) is 0. The molecule has 0 aromatic heterocycles. The predicted molar refractivity (Wildman–Crippen MR) is 109 cm³/mol. The van der Waals surface area contributed by atoms with Crippen molar-refractivity contribution in [2.45, 2.75) is 47.5 Å². The lowest BCUT2D eigenvalue weighted by atomic mass is 9.82. The molecule has 0 nitrogen and oxygen atoms in total. The van der Waals surface area contributed by atoms with E-state index in [2.05, 4.69) is 96.1 Å². The fourth-order valence-corrected chi connectivity index (χ4v) is 3.41. The van der Waals surface area contributed by atoms with Crippen molar-refractivity contribution >= 4 is 0 Å². The van der Waals surface area contributed by atoms with Crippen LogP contribution in [-0.2, 0) is 0 Å². The van der Waals surface area contributed by atoms with Gasteiger partial charge in [0.05, 0.1) is 0 Å². The Morgan fingerprint density at radius 3 is 0.920 bits per heavy atom. The maximum atomic E-state index is 2.35. The van der Waals surface area contributed by atoms with Gasteiger partial charge in [0.1, 0.15) is 0 Å². The molecule has 0 atom stereocenters. The Hall–Kier alpha value is -2.34. The first-order valence-electron chi connectivity index (χ1n) is 9.08. The average Bonchev–Trinajstić information content (AvgIpc) is 2.57. The van der Waals surface area contributed by atoms with Gasteiger partial charge >= 0.3 is 0 Å². The lowest BCUT2D eigenvalue weighted by molar-refractivity contribution is 0.962. The highest BCUT2D eigenvalue weighted by molar-refractivity contribution is 5.48. The van der Waals surface area contributed by atoms with Crippen LogP contribution in [0.5, 0.6) is 0 Å². The predicted octanol–water partition coefficient (Wildman–Crippen LogP) is 6.72. The fourth-order valence-electron chi connectivity index (χ4n) is 3.41. The average molecular weight is 328 g/mol. The van der Waals surface area contributed by atoms with Crippen molar-refractivity contribution in [2.75, 3.05) is 0 Å². The molecule has 0 amide bonds. The van der Waals surface area contributed by atoms with Gasteiger partial charge in [-0.05, 0) is 91.6 Å². The highest BCUT2D eigenvalue weighted by Gasteiger charge is 2.18. The third kappa shape index (κ3) is 3.54. The smallest absolute Gasteiger partial charge is 0.0340 e. The number of hydrogen-bond donors (Lipinski definition) is 0. The van der Waals surface area contributed by atoms with E-state index in [0.717, 1.165) is 0 Å². The van der Waals surface area contributed by atoms with Gasteiger partial charge in [0.25, 0.3) is 0 Å². The molecule has 3 rings (SSSR count). The molecule has 128 valence electrons. The van der Waals surface area contributed by atoms with Gasteiger partial charge in [-0.3, -0.25) is 0 Å². The molecule has 0 aliphatic rings. The van der Waals surface area contributed by atoms with Gasteiger partial charge in [-0.1, -0.05) is 54.6 Å². The van der Waals surface area contributed by atoms with Crippen LogP contribution >= 0.6 is 0 Å². The summed E-state index contributed by atoms with van der Waals surface area (Å²) >= 11 is 0. The zero-order valence-corrected chi connectivity index (χ0v) is 16.3. The Kier molecular flexibility index (Phi) is 4.81. The molecular formula is C25H28. The van der Waals surface area contributed by atoms with Crippen molar-refractivity contribution in [3.8, 4) is 0 Å². The van der Waals surface area contributed by atoms with Gasteiger partial charge in [-0.15, -0.1) is 0 Å². The van der Waals surface area contributed by atoms with Crippen molar-refractivity contribution in [3.05, 3.63) is 105 Å². The summed E-state index contributed by atoms with van der Waals surface area (Å²) in [6.07, 6.45) is 0. The fraction of sp³-hybridized carbons (Fsp3) is 0.280. The molecule has 0 aliphatic carbocycles. The maximum absolute atomic E-state index is 2.35. The first-order valence-corrected chi connectivity index (χ1v) is 9.08. The van der Waals surface area contributed by atoms with Crippen molar-refractivity contribution in [1.29, 1.82) is 0 Å². The van der Waals surface area contributed by atoms with Crippen LogP contribution in [0.15, 0.2) is 54.6 Å². The Bertz CT molecular complexity index is 793. The Morgan fingerprint density at radius 2 is 0.680 bits per heavy atom. The van der Waals surface area contributed by atoms with Crippen LogP contribution in [0, 0.1) is 41.5 Å². The standard InChI is InChI=1S/C25H28/c1-16-7-10-22(13-19(16)4)25(23-11-8-17(2)20(5)14-23)24-12-9-18(3)21(6)15-24/h7-15,25H,1-6H3. The Labute approximate surface area is 152 Å². The van der Waals surface area contributed by atoms with E-state index in [1.165, 1.54) is 50.1 Å². The molecule has 0 heteroatoms. The second kappa shape index (κ2) is 6.88. The van der Waals surface area contributed by atoms with E-state index in [1.807, 2.05) is 0 Å². The quantitative estimate of drug-likeness (QED) is 0.468. The first-order chi connectivity index (χ1) is 11.9. The summed E-state index contributed by atoms with van der Waals surface area (Å²) in [7, 11) is 0. The minimum Gasteiger partial charge on any atom is -0.0588 e. The molecule has 0 aliphatic heterocycles. The molecule has 0 saturated carbocycles. The van der Waals surface area contributed by atoms with E-state index in [9.17, 15) is 0 Å². The van der Waals surface area contributed by atoms with E-state index >= 15 is 0 Å². The lowest BCUT2D eigenvalue weighted by Gasteiger charge is -2.22. The van der Waals surface area contributed by atoms with Gasteiger partial charge in [0, 0.05) is 5.92 Å². The highest BCUT2D eigenvalue weighted by atomic mass is 14.2. The van der Waals surface area contributed by atoms with E-state index < -0.39 is 0 Å². The van der Waals surface area contributed by atoms with Crippen LogP contribution in [-0.4, -0.2) is 0 Å². The summed E-state index contributed by atoms with van der Waals surface area (Å²) in [6.45, 7) is 13.2. The summed E-state index contributed by atoms with van der Waals surface area (Å²) in [5.74, 6) is 0.276. The zero-order chi connectivity index (χ0) is 18.1. The normalized spacial score (nSPS) is 11.2. The first kappa shape index (κ1) is 17.5. The molecule has 0 saturated heterocycles. The summed E-state index contributed by atoms with van der Waals surface area (Å²) in [4.78, 5) is 0. The minimum absolute atomic E-state index is 0.276. The highest BCUT2D eigenvalue weighted by Crippen LogP contribution is 2.34. The zero-order valence-electron chi connectivity index (χ0n) is 16.3. The number of aryl methyl sites for hydroxylation is 6. The Balaban J connectivity index is 2.21. The largest absolute Gasteiger partial charge is 0.0588 e. The van der Waals surface area contributed by atoms with Crippen LogP contribution < -0.4 is 0 Å². The third-order valence-corrected chi connectivity index (χ3v) is 5.59. The van der Waals surface area contributed by atoms with Gasteiger partial charge in [0.2, 0.25) is 0 Å². The molecule has 0 fully saturated rings. The molecule has 0 bridgehead atoms. The second-order valence-corrected chi connectivity index (χ2v) is 7.46. The number of benzene rings is 3. The van der Waals surface area contributed by atoms with Gasteiger partial charge in [0.15, 0.2) is 0 Å². The van der Waals surface area contributed by atoms with Crippen LogP contribution in [0.25, 0.3) is 0 Å². The number of rotatable bonds is 3. The van der Waals surface area contributed by atoms with E-state index in [4.69, 9.17) is 0 Å². The summed E-state index contributed by atoms with van der Waals surface area (Å²) in [5.41, 5.74) is 12.2. The van der Waals surface area contributed by atoms with Crippen LogP contribution in [0.3, 0.4) is 0 Å². The van der Waals surface area contributed by atoms with Crippen molar-refractivity contribution < 1.29 is 0 Å². The molecule has 3 aromatic rings. The molecular weight excluding hydrogens is 300 g/mol. The van der Waals surface area contributed by atoms with Gasteiger partial charge in [-0.2, -0.15) is 0 Å². The summed E-state index contributed by atoms with van der Waals surface area (Å²) in [6, 6.07) is 20.7. The topological polar surface area (TPSA) is 0 Å². The summed E-state index contributed by atoms with van der Waals surface area (Å²) in [5, 5.41) is 0. The second-order valence-electron chi connectivity index (χ2n) is 7.46. The summed E-state index contributed by atoms with van der Waals surface area (Å²) < 4.78 is 0. The molecule has 25 heavy (non-hydrogen) atoms. The molecule has 0 spiro atoms. The van der Waals surface area contributed by atoms with E-state index in [-0.39, 0.29) is 5.92 Å². The minimum atomic E-state index is 0.276. The molecule has 0 N–H and O–H groups in total. The monoisotopic (exact) mass is 328 g/mol. The van der Waals surface area contributed by atoms with Crippen LogP contribution in [0.4, 0.5) is 0 Å². The van der Waals surface area contributed by atoms with Crippen molar-refractivity contribution in [3.63, 3.8) is 0 Å². The van der Waals surface area contributed by atoms with Gasteiger partial charge in [-0.25, -0.2) is 0 Å². The van der Waals surface area contributed by atoms with Crippen LogP contribution in [0.1, 0.15) is 56.0 Å². The molecule has 0 heterocycles.